The first-order chi connectivity index (χ1) is 19.4. The highest BCUT2D eigenvalue weighted by Crippen LogP contribution is 2.31. The predicted octanol–water partition coefficient (Wildman–Crippen LogP) is 5.23. The number of H-pyrrole nitrogens is 1. The van der Waals surface area contributed by atoms with Crippen LogP contribution in [0.2, 0.25) is 0 Å². The molecule has 5 aromatic rings. The molecule has 1 amide bonds. The van der Waals surface area contributed by atoms with Gasteiger partial charge in [0.2, 0.25) is 0 Å². The van der Waals surface area contributed by atoms with E-state index in [0.717, 1.165) is 19.0 Å². The summed E-state index contributed by atoms with van der Waals surface area (Å²) in [6, 6.07) is 17.7. The van der Waals surface area contributed by atoms with Crippen LogP contribution in [0.5, 0.6) is 17.2 Å². The Labute approximate surface area is 229 Å². The number of halogens is 1. The van der Waals surface area contributed by atoms with Crippen molar-refractivity contribution in [3.8, 4) is 22.9 Å². The zero-order valence-corrected chi connectivity index (χ0v) is 22.1. The number of nitrogens with zero attached hydrogens (tertiary/aromatic N) is 3. The van der Waals surface area contributed by atoms with Crippen LogP contribution in [0.15, 0.2) is 90.1 Å². The minimum Gasteiger partial charge on any atom is -0.491 e. The number of ether oxygens (including phenoxy) is 2. The van der Waals surface area contributed by atoms with Gasteiger partial charge in [0.25, 0.3) is 11.5 Å². The smallest absolute Gasteiger partial charge is 0.268 e. The van der Waals surface area contributed by atoms with Crippen molar-refractivity contribution in [3.63, 3.8) is 0 Å². The Balaban J connectivity index is 1.32. The average molecular weight is 542 g/mol. The third kappa shape index (κ3) is 5.87. The normalized spacial score (nSPS) is 11.1. The number of benzene rings is 2. The van der Waals surface area contributed by atoms with Crippen LogP contribution in [0.4, 0.5) is 10.1 Å². The highest BCUT2D eigenvalue weighted by molar-refractivity contribution is 6.04. The van der Waals surface area contributed by atoms with Crippen molar-refractivity contribution < 1.29 is 18.7 Å². The van der Waals surface area contributed by atoms with Crippen LogP contribution in [-0.2, 0) is 0 Å². The molecule has 10 heteroatoms. The molecule has 0 bridgehead atoms. The van der Waals surface area contributed by atoms with E-state index in [2.05, 4.69) is 20.2 Å². The number of rotatable bonds is 10. The lowest BCUT2D eigenvalue weighted by molar-refractivity contribution is 0.102. The number of pyridine rings is 2. The first-order valence-electron chi connectivity index (χ1n) is 12.7. The van der Waals surface area contributed by atoms with Crippen molar-refractivity contribution >= 4 is 22.6 Å². The van der Waals surface area contributed by atoms with Gasteiger partial charge in [0.15, 0.2) is 11.6 Å². The molecular formula is C30H28FN5O4. The molecule has 40 heavy (non-hydrogen) atoms. The van der Waals surface area contributed by atoms with Crippen LogP contribution in [0, 0.1) is 5.82 Å². The quantitative estimate of drug-likeness (QED) is 0.235. The summed E-state index contributed by atoms with van der Waals surface area (Å²) < 4.78 is 28.0. The summed E-state index contributed by atoms with van der Waals surface area (Å²) in [6.07, 6.45) is 5.67. The summed E-state index contributed by atoms with van der Waals surface area (Å²) in [4.78, 5) is 35.6. The standard InChI is InChI=1S/C30H28FN5O4/c1-35(2)16-6-18-39-27-9-4-3-8-24(27)36-17-5-7-22(30(36)38)29(37)34-20-10-11-26(23(31)19-20)40-25-13-15-33-28-21(25)12-14-32-28/h3-5,7-15,17,19H,6,16,18H2,1-2H3,(H,32,33)(H,34,37). The van der Waals surface area contributed by atoms with E-state index in [1.54, 1.807) is 55.0 Å². The van der Waals surface area contributed by atoms with Crippen LogP contribution in [-0.4, -0.2) is 52.6 Å². The molecule has 204 valence electrons. The fourth-order valence-corrected chi connectivity index (χ4v) is 4.20. The lowest BCUT2D eigenvalue weighted by Crippen LogP contribution is -2.28. The molecule has 0 radical (unpaired) electrons. The van der Waals surface area contributed by atoms with Crippen molar-refractivity contribution in [2.24, 2.45) is 0 Å². The second-order valence-corrected chi connectivity index (χ2v) is 9.32. The molecule has 0 saturated heterocycles. The second kappa shape index (κ2) is 11.8. The Morgan fingerprint density at radius 3 is 2.73 bits per heavy atom. The monoisotopic (exact) mass is 541 g/mol. The van der Waals surface area contributed by atoms with E-state index in [4.69, 9.17) is 9.47 Å². The average Bonchev–Trinajstić information content (AvgIpc) is 3.43. The number of aromatic nitrogens is 3. The Morgan fingerprint density at radius 1 is 1.05 bits per heavy atom. The van der Waals surface area contributed by atoms with Gasteiger partial charge in [0, 0.05) is 36.9 Å². The van der Waals surface area contributed by atoms with Crippen molar-refractivity contribution in [3.05, 3.63) is 107 Å². The number of para-hydroxylation sites is 2. The minimum atomic E-state index is -0.677. The van der Waals surface area contributed by atoms with Gasteiger partial charge in [-0.05, 0) is 69.0 Å². The van der Waals surface area contributed by atoms with Crippen LogP contribution in [0.1, 0.15) is 16.8 Å². The summed E-state index contributed by atoms with van der Waals surface area (Å²) in [6.45, 7) is 1.35. The van der Waals surface area contributed by atoms with E-state index in [1.165, 1.54) is 22.8 Å². The molecule has 0 unspecified atom stereocenters. The predicted molar refractivity (Wildman–Crippen MR) is 151 cm³/mol. The second-order valence-electron chi connectivity index (χ2n) is 9.32. The Hall–Kier alpha value is -4.96. The Morgan fingerprint density at radius 2 is 1.90 bits per heavy atom. The molecule has 0 aliphatic carbocycles. The molecule has 2 N–H and O–H groups in total. The third-order valence-electron chi connectivity index (χ3n) is 6.15. The number of amides is 1. The van der Waals surface area contributed by atoms with Gasteiger partial charge in [-0.2, -0.15) is 0 Å². The summed E-state index contributed by atoms with van der Waals surface area (Å²) in [7, 11) is 3.98. The van der Waals surface area contributed by atoms with Gasteiger partial charge in [-0.1, -0.05) is 12.1 Å². The largest absolute Gasteiger partial charge is 0.491 e. The van der Waals surface area contributed by atoms with E-state index >= 15 is 0 Å². The number of aromatic amines is 1. The summed E-state index contributed by atoms with van der Waals surface area (Å²) in [5.74, 6) is -0.390. The molecule has 3 aromatic heterocycles. The van der Waals surface area contributed by atoms with Crippen molar-refractivity contribution in [1.82, 2.24) is 19.4 Å². The molecular weight excluding hydrogens is 513 g/mol. The van der Waals surface area contributed by atoms with Gasteiger partial charge < -0.3 is 24.7 Å². The van der Waals surface area contributed by atoms with Crippen LogP contribution in [0.25, 0.3) is 16.7 Å². The van der Waals surface area contributed by atoms with Crippen molar-refractivity contribution in [2.75, 3.05) is 32.6 Å². The van der Waals surface area contributed by atoms with Crippen molar-refractivity contribution in [1.29, 1.82) is 0 Å². The van der Waals surface area contributed by atoms with Crippen LogP contribution >= 0.6 is 0 Å². The fraction of sp³-hybridized carbons (Fsp3) is 0.167. The molecule has 5 rings (SSSR count). The number of anilines is 1. The van der Waals surface area contributed by atoms with E-state index in [1.807, 2.05) is 20.2 Å². The number of nitrogens with one attached hydrogen (secondary N) is 2. The number of hydrogen-bond acceptors (Lipinski definition) is 6. The number of carbonyl (C=O) groups is 1. The van der Waals surface area contributed by atoms with Gasteiger partial charge in [0.05, 0.1) is 17.7 Å². The maximum Gasteiger partial charge on any atom is 0.268 e. The van der Waals surface area contributed by atoms with E-state index < -0.39 is 17.3 Å². The molecule has 0 aliphatic rings. The number of hydrogen-bond donors (Lipinski definition) is 2. The molecule has 0 atom stereocenters. The van der Waals surface area contributed by atoms with E-state index in [0.29, 0.717) is 34.8 Å². The van der Waals surface area contributed by atoms with Gasteiger partial charge in [0.1, 0.15) is 22.7 Å². The molecule has 2 aromatic carbocycles. The molecule has 0 fully saturated rings. The SMILES string of the molecule is CN(C)CCCOc1ccccc1-n1cccc(C(=O)Nc2ccc(Oc3ccnc4[nH]ccc34)c(F)c2)c1=O. The van der Waals surface area contributed by atoms with Crippen molar-refractivity contribution in [2.45, 2.75) is 6.42 Å². The minimum absolute atomic E-state index is 0.0176. The molecule has 0 aliphatic heterocycles. The van der Waals surface area contributed by atoms with Gasteiger partial charge in [-0.15, -0.1) is 0 Å². The first kappa shape index (κ1) is 26.6. The lowest BCUT2D eigenvalue weighted by atomic mass is 10.2. The molecule has 9 nitrogen and oxygen atoms in total. The third-order valence-corrected chi connectivity index (χ3v) is 6.15. The zero-order chi connectivity index (χ0) is 28.1. The molecule has 3 heterocycles. The summed E-state index contributed by atoms with van der Waals surface area (Å²) >= 11 is 0. The van der Waals surface area contributed by atoms with Crippen LogP contribution in [0.3, 0.4) is 0 Å². The topological polar surface area (TPSA) is 101 Å². The molecule has 0 spiro atoms. The van der Waals surface area contributed by atoms with Crippen LogP contribution < -0.4 is 20.3 Å². The highest BCUT2D eigenvalue weighted by Gasteiger charge is 2.17. The van der Waals surface area contributed by atoms with Gasteiger partial charge in [-0.3, -0.25) is 14.2 Å². The number of carbonyl (C=O) groups excluding carboxylic acids is 1. The van der Waals surface area contributed by atoms with Gasteiger partial charge >= 0.3 is 0 Å². The Bertz CT molecular complexity index is 1710. The van der Waals surface area contributed by atoms with E-state index in [9.17, 15) is 14.0 Å². The lowest BCUT2D eigenvalue weighted by Gasteiger charge is -2.15. The highest BCUT2D eigenvalue weighted by atomic mass is 19.1. The number of fused-ring (bicyclic) bond motifs is 1. The first-order valence-corrected chi connectivity index (χ1v) is 12.7. The van der Waals surface area contributed by atoms with Gasteiger partial charge in [-0.25, -0.2) is 9.37 Å². The maximum atomic E-state index is 14.9. The fourth-order valence-electron chi connectivity index (χ4n) is 4.20. The summed E-state index contributed by atoms with van der Waals surface area (Å²) in [5.41, 5.74) is 0.687. The maximum absolute atomic E-state index is 14.9. The summed E-state index contributed by atoms with van der Waals surface area (Å²) in [5, 5.41) is 3.31. The van der Waals surface area contributed by atoms with E-state index in [-0.39, 0.29) is 17.0 Å². The Kier molecular flexibility index (Phi) is 7.88. The molecule has 0 saturated carbocycles. The zero-order valence-electron chi connectivity index (χ0n) is 22.1.